The molecule has 0 aromatic rings. The van der Waals surface area contributed by atoms with Gasteiger partial charge in [0.05, 0.1) is 5.82 Å². The Morgan fingerprint density at radius 2 is 2.00 bits per heavy atom. The van der Waals surface area contributed by atoms with Gasteiger partial charge in [0.15, 0.2) is 0 Å². The molecule has 0 aromatic heterocycles. The lowest BCUT2D eigenvalue weighted by Gasteiger charge is -2.39. The van der Waals surface area contributed by atoms with Crippen molar-refractivity contribution in [3.8, 4) is 0 Å². The van der Waals surface area contributed by atoms with Gasteiger partial charge < -0.3 is 9.80 Å². The van der Waals surface area contributed by atoms with E-state index < -0.39 is 0 Å². The van der Waals surface area contributed by atoms with Crippen molar-refractivity contribution in [3.63, 3.8) is 0 Å². The third kappa shape index (κ3) is 1.30. The fraction of sp³-hybridized carbons (Fsp3) is 0.800. The molecule has 0 bridgehead atoms. The van der Waals surface area contributed by atoms with Crippen molar-refractivity contribution >= 4 is 0 Å². The van der Waals surface area contributed by atoms with Crippen LogP contribution in [0.3, 0.4) is 0 Å². The second-order valence-electron chi connectivity index (χ2n) is 4.10. The molecule has 0 spiro atoms. The Hall–Kier alpha value is -0.660. The number of likely N-dealkylation sites (tertiary alicyclic amines) is 2. The Balaban J connectivity index is 1.87. The van der Waals surface area contributed by atoms with Crippen LogP contribution >= 0.6 is 0 Å². The minimum Gasteiger partial charge on any atom is -0.359 e. The molecule has 2 heteroatoms. The maximum Gasteiger partial charge on any atom is 0.0965 e. The predicted octanol–water partition coefficient (Wildman–Crippen LogP) is 1.51. The number of hydrogen-bond donors (Lipinski definition) is 0. The van der Waals surface area contributed by atoms with E-state index in [1.165, 1.54) is 44.8 Å². The molecule has 1 unspecified atom stereocenters. The first-order chi connectivity index (χ1) is 5.77. The van der Waals surface area contributed by atoms with Gasteiger partial charge in [0, 0.05) is 26.2 Å². The van der Waals surface area contributed by atoms with Crippen LogP contribution in [0.1, 0.15) is 19.8 Å². The van der Waals surface area contributed by atoms with Crippen molar-refractivity contribution in [2.75, 3.05) is 26.2 Å². The highest BCUT2D eigenvalue weighted by Gasteiger charge is 2.25. The van der Waals surface area contributed by atoms with Gasteiger partial charge in [-0.05, 0) is 18.8 Å². The lowest BCUT2D eigenvalue weighted by Crippen LogP contribution is -2.42. The van der Waals surface area contributed by atoms with Gasteiger partial charge in [0.25, 0.3) is 0 Å². The summed E-state index contributed by atoms with van der Waals surface area (Å²) in [6.45, 7) is 11.4. The lowest BCUT2D eigenvalue weighted by molar-refractivity contribution is 0.167. The minimum absolute atomic E-state index is 0.864. The minimum atomic E-state index is 0.864. The summed E-state index contributed by atoms with van der Waals surface area (Å²) in [5.41, 5.74) is 0. The molecule has 2 rings (SSSR count). The van der Waals surface area contributed by atoms with Crippen LogP contribution < -0.4 is 0 Å². The van der Waals surface area contributed by atoms with Gasteiger partial charge in [-0.1, -0.05) is 13.5 Å². The smallest absolute Gasteiger partial charge is 0.0965 e. The zero-order valence-corrected chi connectivity index (χ0v) is 7.92. The fourth-order valence-electron chi connectivity index (χ4n) is 1.94. The monoisotopic (exact) mass is 166 g/mol. The summed E-state index contributed by atoms with van der Waals surface area (Å²) in [5, 5.41) is 0. The molecular formula is C10H18N2. The number of hydrogen-bond acceptors (Lipinski definition) is 2. The van der Waals surface area contributed by atoms with E-state index in [0.29, 0.717) is 0 Å². The Bertz CT molecular complexity index is 184. The van der Waals surface area contributed by atoms with E-state index in [2.05, 4.69) is 23.3 Å². The van der Waals surface area contributed by atoms with E-state index in [4.69, 9.17) is 0 Å². The molecule has 2 saturated heterocycles. The molecule has 2 heterocycles. The maximum atomic E-state index is 4.14. The first-order valence-electron chi connectivity index (χ1n) is 4.96. The van der Waals surface area contributed by atoms with Gasteiger partial charge in [-0.2, -0.15) is 0 Å². The topological polar surface area (TPSA) is 6.48 Å². The first kappa shape index (κ1) is 7.96. The van der Waals surface area contributed by atoms with Crippen LogP contribution in [0.5, 0.6) is 0 Å². The zero-order valence-electron chi connectivity index (χ0n) is 7.92. The summed E-state index contributed by atoms with van der Waals surface area (Å²) in [5.74, 6) is 2.13. The van der Waals surface area contributed by atoms with Gasteiger partial charge in [0.1, 0.15) is 0 Å². The van der Waals surface area contributed by atoms with Crippen LogP contribution in [0.15, 0.2) is 12.4 Å². The molecule has 0 radical (unpaired) electrons. The van der Waals surface area contributed by atoms with E-state index in [-0.39, 0.29) is 0 Å². The average molecular weight is 166 g/mol. The Labute approximate surface area is 74.8 Å². The molecular weight excluding hydrogens is 148 g/mol. The third-order valence-corrected chi connectivity index (χ3v) is 3.01. The highest BCUT2D eigenvalue weighted by molar-refractivity contribution is 4.99. The molecule has 2 aliphatic heterocycles. The summed E-state index contributed by atoms with van der Waals surface area (Å²) in [6.07, 6.45) is 2.69. The molecule has 68 valence electrons. The van der Waals surface area contributed by atoms with Crippen LogP contribution in [-0.4, -0.2) is 36.0 Å². The van der Waals surface area contributed by atoms with Crippen LogP contribution in [0, 0.1) is 5.92 Å². The highest BCUT2D eigenvalue weighted by Crippen LogP contribution is 2.23. The summed E-state index contributed by atoms with van der Waals surface area (Å²) in [4.78, 5) is 4.82. The average Bonchev–Trinajstić information content (AvgIpc) is 2.31. The summed E-state index contributed by atoms with van der Waals surface area (Å²) < 4.78 is 0. The molecule has 0 saturated carbocycles. The number of rotatable bonds is 2. The molecule has 0 amide bonds. The fourth-order valence-corrected chi connectivity index (χ4v) is 1.94. The molecule has 0 N–H and O–H groups in total. The van der Waals surface area contributed by atoms with Crippen LogP contribution in [0.2, 0.25) is 0 Å². The molecule has 2 aliphatic rings. The first-order valence-corrected chi connectivity index (χ1v) is 4.96. The zero-order chi connectivity index (χ0) is 8.55. The normalized spacial score (nSPS) is 28.9. The van der Waals surface area contributed by atoms with E-state index in [0.717, 1.165) is 5.92 Å². The SMILES string of the molecule is C=C(N1CCC1)N1CCC(C)C1. The van der Waals surface area contributed by atoms with Gasteiger partial charge in [-0.15, -0.1) is 0 Å². The number of nitrogens with zero attached hydrogens (tertiary/aromatic N) is 2. The summed E-state index contributed by atoms with van der Waals surface area (Å²) >= 11 is 0. The Morgan fingerprint density at radius 1 is 1.25 bits per heavy atom. The van der Waals surface area contributed by atoms with Crippen molar-refractivity contribution in [2.45, 2.75) is 19.8 Å². The molecule has 0 aliphatic carbocycles. The predicted molar refractivity (Wildman–Crippen MR) is 50.7 cm³/mol. The highest BCUT2D eigenvalue weighted by atomic mass is 15.4. The second-order valence-corrected chi connectivity index (χ2v) is 4.10. The van der Waals surface area contributed by atoms with Crippen LogP contribution in [0.25, 0.3) is 0 Å². The van der Waals surface area contributed by atoms with Gasteiger partial charge in [0.2, 0.25) is 0 Å². The van der Waals surface area contributed by atoms with E-state index in [1.54, 1.807) is 0 Å². The van der Waals surface area contributed by atoms with Crippen molar-refractivity contribution in [1.82, 2.24) is 9.80 Å². The molecule has 2 fully saturated rings. The largest absolute Gasteiger partial charge is 0.359 e. The van der Waals surface area contributed by atoms with Gasteiger partial charge in [-0.25, -0.2) is 0 Å². The van der Waals surface area contributed by atoms with Crippen molar-refractivity contribution in [1.29, 1.82) is 0 Å². The summed E-state index contributed by atoms with van der Waals surface area (Å²) in [7, 11) is 0. The standard InChI is InChI=1S/C10H18N2/c1-9-4-7-12(8-9)10(2)11-5-3-6-11/h9H,2-8H2,1H3. The van der Waals surface area contributed by atoms with Crippen LogP contribution in [-0.2, 0) is 0 Å². The molecule has 12 heavy (non-hydrogen) atoms. The molecule has 0 aromatic carbocycles. The Kier molecular flexibility index (Phi) is 1.99. The summed E-state index contributed by atoms with van der Waals surface area (Å²) in [6, 6.07) is 0. The van der Waals surface area contributed by atoms with Crippen molar-refractivity contribution in [2.24, 2.45) is 5.92 Å². The van der Waals surface area contributed by atoms with E-state index in [9.17, 15) is 0 Å². The molecule has 2 nitrogen and oxygen atoms in total. The lowest BCUT2D eigenvalue weighted by atomic mass is 10.2. The quantitative estimate of drug-likeness (QED) is 0.613. The van der Waals surface area contributed by atoms with Crippen molar-refractivity contribution in [3.05, 3.63) is 12.4 Å². The van der Waals surface area contributed by atoms with Crippen molar-refractivity contribution < 1.29 is 0 Å². The molecule has 1 atom stereocenters. The third-order valence-electron chi connectivity index (χ3n) is 3.01. The van der Waals surface area contributed by atoms with Crippen LogP contribution in [0.4, 0.5) is 0 Å². The second kappa shape index (κ2) is 3.00. The van der Waals surface area contributed by atoms with E-state index >= 15 is 0 Å². The van der Waals surface area contributed by atoms with E-state index in [1.807, 2.05) is 0 Å². The van der Waals surface area contributed by atoms with Gasteiger partial charge >= 0.3 is 0 Å². The maximum absolute atomic E-state index is 4.14. The van der Waals surface area contributed by atoms with Gasteiger partial charge in [-0.3, -0.25) is 0 Å². The Morgan fingerprint density at radius 3 is 2.42 bits per heavy atom.